The smallest absolute Gasteiger partial charge is 0.373 e. The van der Waals surface area contributed by atoms with Gasteiger partial charge in [-0.05, 0) is 32.9 Å². The molecule has 2 aromatic carbocycles. The second kappa shape index (κ2) is 10.8. The Hall–Kier alpha value is -3.45. The molecule has 0 bridgehead atoms. The van der Waals surface area contributed by atoms with Gasteiger partial charge in [-0.15, -0.1) is 0 Å². The van der Waals surface area contributed by atoms with Crippen LogP contribution in [0.25, 0.3) is 0 Å². The summed E-state index contributed by atoms with van der Waals surface area (Å²) in [5.41, 5.74) is 0.506. The highest BCUT2D eigenvalue weighted by Crippen LogP contribution is 2.62. The molecule has 0 saturated carbocycles. The Bertz CT molecular complexity index is 1520. The van der Waals surface area contributed by atoms with Crippen LogP contribution in [0.2, 0.25) is 0 Å². The number of benzene rings is 2. The van der Waals surface area contributed by atoms with E-state index < -0.39 is 19.1 Å². The van der Waals surface area contributed by atoms with Crippen LogP contribution < -0.4 is 5.30 Å². The second-order valence-electron chi connectivity index (χ2n) is 10.0. The number of alkyl halides is 3. The van der Waals surface area contributed by atoms with Crippen molar-refractivity contribution in [2.24, 2.45) is 9.74 Å². The molecule has 0 radical (unpaired) electrons. The van der Waals surface area contributed by atoms with Crippen molar-refractivity contribution in [3.8, 4) is 6.07 Å². The number of morpholine rings is 1. The molecular formula is C28H31F3N7OP. The minimum atomic E-state index is -4.59. The number of amidine groups is 1. The summed E-state index contributed by atoms with van der Waals surface area (Å²) in [5.74, 6) is 1.11. The van der Waals surface area contributed by atoms with Crippen LogP contribution in [-0.4, -0.2) is 57.3 Å². The number of hydrogen-bond donors (Lipinski definition) is 0. The highest BCUT2D eigenvalue weighted by Gasteiger charge is 2.47. The molecule has 3 heterocycles. The van der Waals surface area contributed by atoms with E-state index in [0.29, 0.717) is 42.3 Å². The topological polar surface area (TPSA) is 82.0 Å². The first-order valence-electron chi connectivity index (χ1n) is 13.1. The fourth-order valence-corrected chi connectivity index (χ4v) is 9.52. The van der Waals surface area contributed by atoms with Gasteiger partial charge in [0.2, 0.25) is 0 Å². The zero-order valence-corrected chi connectivity index (χ0v) is 23.7. The molecule has 3 aromatic rings. The Morgan fingerprint density at radius 2 is 1.73 bits per heavy atom. The molecule has 2 aliphatic rings. The summed E-state index contributed by atoms with van der Waals surface area (Å²) < 4.78 is 59.9. The number of aryl methyl sites for hydroxylation is 2. The molecule has 2 aliphatic heterocycles. The van der Waals surface area contributed by atoms with Crippen LogP contribution in [0.5, 0.6) is 0 Å². The first-order valence-corrected chi connectivity index (χ1v) is 14.7. The lowest BCUT2D eigenvalue weighted by molar-refractivity contribution is -0.137. The average Bonchev–Trinajstić information content (AvgIpc) is 3.23. The number of hydrogen-bond acceptors (Lipinski definition) is 5. The quantitative estimate of drug-likeness (QED) is 0.340. The molecule has 3 atom stereocenters. The third-order valence-corrected chi connectivity index (χ3v) is 10.8. The number of nitriles is 1. The van der Waals surface area contributed by atoms with Crippen LogP contribution in [0.4, 0.5) is 24.7 Å². The monoisotopic (exact) mass is 569 g/mol. The maximum Gasteiger partial charge on any atom is 0.418 e. The van der Waals surface area contributed by atoms with Gasteiger partial charge in [-0.1, -0.05) is 42.5 Å². The molecule has 0 aliphatic carbocycles. The van der Waals surface area contributed by atoms with Crippen molar-refractivity contribution in [2.45, 2.75) is 52.1 Å². The predicted molar refractivity (Wildman–Crippen MR) is 149 cm³/mol. The Morgan fingerprint density at radius 3 is 2.38 bits per heavy atom. The van der Waals surface area contributed by atoms with Crippen LogP contribution in [0.15, 0.2) is 64.3 Å². The zero-order valence-electron chi connectivity index (χ0n) is 22.8. The Labute approximate surface area is 231 Å². The van der Waals surface area contributed by atoms with E-state index >= 15 is 0 Å². The van der Waals surface area contributed by atoms with Gasteiger partial charge in [-0.2, -0.15) is 23.5 Å². The number of ether oxygens (including phenoxy) is 1. The van der Waals surface area contributed by atoms with Gasteiger partial charge in [-0.25, -0.2) is 19.1 Å². The minimum Gasteiger partial charge on any atom is -0.373 e. The number of aliphatic imine (C=N–C) groups is 1. The van der Waals surface area contributed by atoms with Crippen molar-refractivity contribution in [1.29, 1.82) is 5.26 Å². The van der Waals surface area contributed by atoms with E-state index in [1.807, 2.05) is 62.8 Å². The molecule has 1 aromatic heterocycles. The van der Waals surface area contributed by atoms with Crippen LogP contribution in [0.1, 0.15) is 37.1 Å². The summed E-state index contributed by atoms with van der Waals surface area (Å²) in [6.07, 6.45) is -4.71. The van der Waals surface area contributed by atoms with Crippen LogP contribution in [0.3, 0.4) is 0 Å². The maximum absolute atomic E-state index is 14.3. The number of nitrogens with zero attached hydrogens (tertiary/aromatic N) is 7. The van der Waals surface area contributed by atoms with E-state index in [1.165, 1.54) is 12.1 Å². The number of fused-ring (bicyclic) bond motifs is 1. The average molecular weight is 570 g/mol. The highest BCUT2D eigenvalue weighted by atomic mass is 31.2. The van der Waals surface area contributed by atoms with Crippen molar-refractivity contribution in [1.82, 2.24) is 19.1 Å². The Kier molecular flexibility index (Phi) is 7.62. The largest absolute Gasteiger partial charge is 0.418 e. The molecule has 5 rings (SSSR count). The third kappa shape index (κ3) is 4.96. The first kappa shape index (κ1) is 28.1. The molecule has 210 valence electrons. The van der Waals surface area contributed by atoms with Crippen molar-refractivity contribution < 1.29 is 17.9 Å². The molecule has 1 fully saturated rings. The number of aromatic nitrogens is 2. The molecule has 40 heavy (non-hydrogen) atoms. The number of halogens is 3. The summed E-state index contributed by atoms with van der Waals surface area (Å²) in [5, 5.41) is 14.8. The van der Waals surface area contributed by atoms with E-state index in [4.69, 9.17) is 19.6 Å². The lowest BCUT2D eigenvalue weighted by atomic mass is 10.2. The van der Waals surface area contributed by atoms with Gasteiger partial charge in [0.25, 0.3) is 0 Å². The van der Waals surface area contributed by atoms with Crippen LogP contribution in [0, 0.1) is 18.3 Å². The fourth-order valence-electron chi connectivity index (χ4n) is 5.47. The third-order valence-electron chi connectivity index (χ3n) is 7.03. The number of rotatable bonds is 5. The van der Waals surface area contributed by atoms with Gasteiger partial charge in [-0.3, -0.25) is 0 Å². The molecular weight excluding hydrogens is 538 g/mol. The van der Waals surface area contributed by atoms with Gasteiger partial charge in [0, 0.05) is 25.7 Å². The summed E-state index contributed by atoms with van der Waals surface area (Å²) in [7, 11) is -1.34. The minimum absolute atomic E-state index is 0.133. The standard InChI is InChI=1S/C28H31F3N7OP/c1-19-17-37(18-20(2)39-19)40(35-24-14-9-8-13-23(24)28(29,30)31)25-21(3)34-38(16-10-15-32)27(25)33-26(36(40)4)22-11-6-5-7-12-22/h5-9,11-14,19-20H,10,16-18H2,1-4H3. The molecule has 8 nitrogen and oxygen atoms in total. The van der Waals surface area contributed by atoms with Crippen LogP contribution >= 0.6 is 7.36 Å². The molecule has 3 unspecified atom stereocenters. The van der Waals surface area contributed by atoms with Gasteiger partial charge in [0.05, 0.1) is 53.5 Å². The van der Waals surface area contributed by atoms with E-state index in [2.05, 4.69) is 10.7 Å². The first-order chi connectivity index (χ1) is 19.1. The van der Waals surface area contributed by atoms with Crippen molar-refractivity contribution in [3.05, 3.63) is 71.4 Å². The second-order valence-corrected chi connectivity index (χ2v) is 13.0. The van der Waals surface area contributed by atoms with Gasteiger partial charge >= 0.3 is 6.18 Å². The molecule has 0 amide bonds. The predicted octanol–water partition coefficient (Wildman–Crippen LogP) is 6.25. The lowest BCUT2D eigenvalue weighted by Gasteiger charge is -2.49. The summed E-state index contributed by atoms with van der Waals surface area (Å²) in [6, 6.07) is 17.2. The summed E-state index contributed by atoms with van der Waals surface area (Å²) >= 11 is 0. The van der Waals surface area contributed by atoms with Crippen molar-refractivity contribution in [2.75, 3.05) is 20.1 Å². The fraction of sp³-hybridized carbons (Fsp3) is 0.393. The van der Waals surface area contributed by atoms with E-state index in [9.17, 15) is 18.4 Å². The summed E-state index contributed by atoms with van der Waals surface area (Å²) in [6.45, 7) is 6.99. The lowest BCUT2D eigenvalue weighted by Crippen LogP contribution is -2.50. The van der Waals surface area contributed by atoms with E-state index in [0.717, 1.165) is 11.6 Å². The Balaban J connectivity index is 1.90. The highest BCUT2D eigenvalue weighted by molar-refractivity contribution is 7.70. The van der Waals surface area contributed by atoms with Crippen molar-refractivity contribution in [3.63, 3.8) is 0 Å². The van der Waals surface area contributed by atoms with E-state index in [1.54, 1.807) is 10.7 Å². The molecule has 12 heteroatoms. The Morgan fingerprint density at radius 1 is 1.07 bits per heavy atom. The van der Waals surface area contributed by atoms with Crippen molar-refractivity contribution >= 4 is 30.0 Å². The SMILES string of the molecule is Cc1nn(CCC#N)c2c1P(=Nc1ccccc1C(F)(F)F)(N1CC(C)OC(C)C1)N(C)C(c1ccccc1)=N2. The zero-order chi connectivity index (χ0) is 28.7. The molecule has 0 spiro atoms. The van der Waals surface area contributed by atoms with Crippen LogP contribution in [-0.2, 0) is 17.5 Å². The van der Waals surface area contributed by atoms with Gasteiger partial charge < -0.3 is 9.41 Å². The normalized spacial score (nSPS) is 23.4. The molecule has 1 saturated heterocycles. The molecule has 0 N–H and O–H groups in total. The van der Waals surface area contributed by atoms with Gasteiger partial charge in [0.15, 0.2) is 13.2 Å². The van der Waals surface area contributed by atoms with E-state index in [-0.39, 0.29) is 24.3 Å². The van der Waals surface area contributed by atoms with Gasteiger partial charge in [0.1, 0.15) is 5.84 Å². The summed E-state index contributed by atoms with van der Waals surface area (Å²) in [4.78, 5) is 5.03. The maximum atomic E-state index is 14.3.